The molecule has 0 spiro atoms. The van der Waals surface area contributed by atoms with Gasteiger partial charge in [0, 0.05) is 24.7 Å². The number of methoxy groups -OCH3 is 3. The summed E-state index contributed by atoms with van der Waals surface area (Å²) in [4.78, 5) is 9.36. The van der Waals surface area contributed by atoms with Crippen LogP contribution in [0, 0.1) is 0 Å². The fraction of sp³-hybridized carbons (Fsp3) is 0.250. The smallest absolute Gasteiger partial charge is 0.228 e. The normalized spacial score (nSPS) is 17.8. The highest BCUT2D eigenvalue weighted by atomic mass is 16.5. The fourth-order valence-corrected chi connectivity index (χ4v) is 4.88. The summed E-state index contributed by atoms with van der Waals surface area (Å²) in [6.07, 6.45) is 8.05. The summed E-state index contributed by atoms with van der Waals surface area (Å²) in [5, 5.41) is 14.7. The van der Waals surface area contributed by atoms with E-state index in [1.807, 2.05) is 42.5 Å². The van der Waals surface area contributed by atoms with E-state index in [-0.39, 0.29) is 24.4 Å². The number of hydrogen-bond acceptors (Lipinski definition) is 9. The monoisotopic (exact) mass is 514 g/mol. The topological polar surface area (TPSA) is 109 Å². The second-order valence-corrected chi connectivity index (χ2v) is 8.88. The minimum absolute atomic E-state index is 0.0995. The lowest BCUT2D eigenvalue weighted by Crippen LogP contribution is -2.17. The molecule has 6 rings (SSSR count). The van der Waals surface area contributed by atoms with Gasteiger partial charge in [-0.05, 0) is 36.3 Å². The Hall–Kier alpha value is -4.57. The van der Waals surface area contributed by atoms with Crippen LogP contribution in [-0.2, 0) is 16.1 Å². The lowest BCUT2D eigenvalue weighted by Gasteiger charge is -2.28. The van der Waals surface area contributed by atoms with Crippen LogP contribution in [0.3, 0.4) is 0 Å². The van der Waals surface area contributed by atoms with Crippen molar-refractivity contribution in [2.45, 2.75) is 25.0 Å². The van der Waals surface area contributed by atoms with Gasteiger partial charge in [-0.2, -0.15) is 0 Å². The number of aromatic nitrogens is 4. The SMILES string of the molecule is COc1ccc([C@@H]2c3ccc(O)cc3Oc3ncn4nc(COC5=CC=CC[C@@H]5OC)nc4c32)cc1OC. The lowest BCUT2D eigenvalue weighted by molar-refractivity contribution is 0.0565. The van der Waals surface area contributed by atoms with Crippen LogP contribution in [0.15, 0.2) is 66.7 Å². The first-order chi connectivity index (χ1) is 18.6. The first-order valence-corrected chi connectivity index (χ1v) is 12.1. The summed E-state index contributed by atoms with van der Waals surface area (Å²) in [6.45, 7) is 0.169. The van der Waals surface area contributed by atoms with Gasteiger partial charge in [0.25, 0.3) is 0 Å². The molecule has 2 atom stereocenters. The van der Waals surface area contributed by atoms with Crippen molar-refractivity contribution in [2.75, 3.05) is 21.3 Å². The molecule has 0 amide bonds. The Morgan fingerprint density at radius 1 is 1.08 bits per heavy atom. The molecule has 1 aliphatic carbocycles. The van der Waals surface area contributed by atoms with Crippen molar-refractivity contribution in [3.8, 4) is 28.9 Å². The Balaban J connectivity index is 1.45. The fourth-order valence-electron chi connectivity index (χ4n) is 4.88. The number of nitrogens with zero attached hydrogens (tertiary/aromatic N) is 4. The van der Waals surface area contributed by atoms with E-state index in [0.717, 1.165) is 28.9 Å². The lowest BCUT2D eigenvalue weighted by atomic mass is 9.83. The third-order valence-corrected chi connectivity index (χ3v) is 6.69. The predicted octanol–water partition coefficient (Wildman–Crippen LogP) is 4.51. The van der Waals surface area contributed by atoms with Crippen molar-refractivity contribution in [3.05, 3.63) is 89.2 Å². The van der Waals surface area contributed by atoms with E-state index >= 15 is 0 Å². The highest BCUT2D eigenvalue weighted by molar-refractivity contribution is 5.67. The van der Waals surface area contributed by atoms with E-state index < -0.39 is 0 Å². The first kappa shape index (κ1) is 23.8. The molecule has 0 saturated carbocycles. The molecule has 10 nitrogen and oxygen atoms in total. The molecule has 10 heteroatoms. The second-order valence-electron chi connectivity index (χ2n) is 8.88. The van der Waals surface area contributed by atoms with Crippen molar-refractivity contribution >= 4 is 5.65 Å². The maximum absolute atomic E-state index is 10.1. The van der Waals surface area contributed by atoms with Gasteiger partial charge in [0.2, 0.25) is 5.88 Å². The third-order valence-electron chi connectivity index (χ3n) is 6.69. The number of aromatic hydroxyl groups is 1. The van der Waals surface area contributed by atoms with Gasteiger partial charge in [0.15, 0.2) is 23.0 Å². The van der Waals surface area contributed by atoms with Gasteiger partial charge in [-0.1, -0.05) is 24.3 Å². The first-order valence-electron chi connectivity index (χ1n) is 12.1. The van der Waals surface area contributed by atoms with Crippen molar-refractivity contribution in [1.82, 2.24) is 19.6 Å². The zero-order chi connectivity index (χ0) is 26.2. The van der Waals surface area contributed by atoms with Gasteiger partial charge in [0.1, 0.15) is 36.3 Å². The Labute approximate surface area is 218 Å². The highest BCUT2D eigenvalue weighted by Crippen LogP contribution is 2.49. The molecular weight excluding hydrogens is 488 g/mol. The van der Waals surface area contributed by atoms with Gasteiger partial charge in [-0.15, -0.1) is 5.10 Å². The van der Waals surface area contributed by atoms with E-state index in [0.29, 0.717) is 34.6 Å². The van der Waals surface area contributed by atoms with Crippen molar-refractivity contribution in [3.63, 3.8) is 0 Å². The second kappa shape index (κ2) is 9.71. The van der Waals surface area contributed by atoms with Crippen LogP contribution in [0.2, 0.25) is 0 Å². The number of rotatable bonds is 7. The maximum atomic E-state index is 10.1. The summed E-state index contributed by atoms with van der Waals surface area (Å²) in [5.41, 5.74) is 3.09. The summed E-state index contributed by atoms with van der Waals surface area (Å²) in [6, 6.07) is 10.8. The number of phenolic OH excluding ortho intramolecular Hbond substituents is 1. The van der Waals surface area contributed by atoms with Crippen LogP contribution >= 0.6 is 0 Å². The van der Waals surface area contributed by atoms with Crippen LogP contribution in [0.25, 0.3) is 5.65 Å². The van der Waals surface area contributed by atoms with E-state index in [1.165, 1.54) is 0 Å². The largest absolute Gasteiger partial charge is 0.508 e. The molecule has 0 bridgehead atoms. The Morgan fingerprint density at radius 3 is 2.76 bits per heavy atom. The van der Waals surface area contributed by atoms with E-state index in [2.05, 4.69) is 10.1 Å². The number of hydrogen-bond donors (Lipinski definition) is 1. The molecule has 38 heavy (non-hydrogen) atoms. The maximum Gasteiger partial charge on any atom is 0.228 e. The van der Waals surface area contributed by atoms with Crippen molar-refractivity contribution < 1.29 is 28.8 Å². The molecule has 1 N–H and O–H groups in total. The third kappa shape index (κ3) is 4.08. The van der Waals surface area contributed by atoms with Gasteiger partial charge < -0.3 is 28.8 Å². The van der Waals surface area contributed by atoms with Crippen LogP contribution in [0.4, 0.5) is 0 Å². The summed E-state index contributed by atoms with van der Waals surface area (Å²) >= 11 is 0. The van der Waals surface area contributed by atoms with Gasteiger partial charge in [-0.3, -0.25) is 0 Å². The zero-order valence-electron chi connectivity index (χ0n) is 21.1. The number of allylic oxidation sites excluding steroid dienone is 2. The van der Waals surface area contributed by atoms with E-state index in [1.54, 1.807) is 44.3 Å². The van der Waals surface area contributed by atoms with Crippen LogP contribution in [-0.4, -0.2) is 52.1 Å². The molecule has 1 aliphatic heterocycles. The Morgan fingerprint density at radius 2 is 1.95 bits per heavy atom. The molecule has 194 valence electrons. The predicted molar refractivity (Wildman–Crippen MR) is 137 cm³/mol. The Bertz CT molecular complexity index is 1580. The quantitative estimate of drug-likeness (QED) is 0.335. The summed E-state index contributed by atoms with van der Waals surface area (Å²) < 4.78 is 30.3. The Kier molecular flexibility index (Phi) is 6.09. The van der Waals surface area contributed by atoms with Gasteiger partial charge >= 0.3 is 0 Å². The van der Waals surface area contributed by atoms with Crippen molar-refractivity contribution in [1.29, 1.82) is 0 Å². The molecule has 3 heterocycles. The average Bonchev–Trinajstić information content (AvgIpc) is 3.38. The van der Waals surface area contributed by atoms with Gasteiger partial charge in [0.05, 0.1) is 19.8 Å². The van der Waals surface area contributed by atoms with Crippen LogP contribution in [0.1, 0.15) is 34.9 Å². The van der Waals surface area contributed by atoms with E-state index in [4.69, 9.17) is 28.7 Å². The molecule has 2 aliphatic rings. The standard InChI is InChI=1S/C28H26N4O6/c1-34-19-6-4-5-7-21(19)37-14-24-30-27-26-25(16-8-11-20(35-2)23(12-16)36-3)18-10-9-17(33)13-22(18)38-28(26)29-15-32(27)31-24/h4-5,7-13,15,19,25,33H,6,14H2,1-3H3/t19-,25+/m0/s1. The average molecular weight is 515 g/mol. The van der Waals surface area contributed by atoms with Gasteiger partial charge in [-0.25, -0.2) is 14.5 Å². The molecular formula is C28H26N4O6. The highest BCUT2D eigenvalue weighted by Gasteiger charge is 2.34. The molecule has 2 aromatic heterocycles. The number of phenols is 1. The molecule has 0 unspecified atom stereocenters. The molecule has 0 saturated heterocycles. The van der Waals surface area contributed by atoms with Crippen LogP contribution < -0.4 is 14.2 Å². The summed E-state index contributed by atoms with van der Waals surface area (Å²) in [5.74, 6) is 3.11. The minimum atomic E-state index is -0.326. The molecule has 0 fully saturated rings. The number of ether oxygens (including phenoxy) is 5. The minimum Gasteiger partial charge on any atom is -0.508 e. The van der Waals surface area contributed by atoms with Crippen LogP contribution in [0.5, 0.6) is 28.9 Å². The number of benzene rings is 2. The molecule has 4 aromatic rings. The molecule has 2 aromatic carbocycles. The zero-order valence-corrected chi connectivity index (χ0v) is 21.1. The van der Waals surface area contributed by atoms with E-state index in [9.17, 15) is 5.11 Å². The summed E-state index contributed by atoms with van der Waals surface area (Å²) in [7, 11) is 4.86. The molecule has 0 radical (unpaired) electrons. The van der Waals surface area contributed by atoms with Crippen molar-refractivity contribution in [2.24, 2.45) is 0 Å². The number of fused-ring (bicyclic) bond motifs is 4.